The maximum absolute atomic E-state index is 12.7. The maximum atomic E-state index is 12.7. The topological polar surface area (TPSA) is 80.5 Å². The lowest BCUT2D eigenvalue weighted by Gasteiger charge is -2.19. The Morgan fingerprint density at radius 1 is 1.14 bits per heavy atom. The van der Waals surface area contributed by atoms with Gasteiger partial charge < -0.3 is 0 Å². The molecule has 2 aliphatic carbocycles. The molecule has 0 radical (unpaired) electrons. The van der Waals surface area contributed by atoms with Gasteiger partial charge in [0.2, 0.25) is 11.8 Å². The Kier molecular flexibility index (Phi) is 2.55. The predicted molar refractivity (Wildman–Crippen MR) is 78.0 cm³/mol. The molecule has 4 rings (SSSR count). The van der Waals surface area contributed by atoms with Gasteiger partial charge in [-0.25, -0.2) is 4.90 Å². The van der Waals surface area contributed by atoms with Crippen LogP contribution >= 0.6 is 0 Å². The lowest BCUT2D eigenvalue weighted by molar-refractivity contribution is -0.384. The zero-order valence-corrected chi connectivity index (χ0v) is 11.9. The molecule has 6 heteroatoms. The van der Waals surface area contributed by atoms with Gasteiger partial charge in [0.05, 0.1) is 22.4 Å². The van der Waals surface area contributed by atoms with Gasteiger partial charge in [0, 0.05) is 12.1 Å². The number of nitro benzene ring substituents is 1. The van der Waals surface area contributed by atoms with E-state index in [2.05, 4.69) is 0 Å². The van der Waals surface area contributed by atoms with Gasteiger partial charge in [-0.2, -0.15) is 0 Å². The van der Waals surface area contributed by atoms with Crippen molar-refractivity contribution in [2.75, 3.05) is 4.90 Å². The van der Waals surface area contributed by atoms with Crippen molar-refractivity contribution in [3.63, 3.8) is 0 Å². The largest absolute Gasteiger partial charge is 0.274 e. The summed E-state index contributed by atoms with van der Waals surface area (Å²) in [5, 5.41) is 11.0. The second-order valence-corrected chi connectivity index (χ2v) is 6.24. The molecule has 0 spiro atoms. The number of hydrogen-bond donors (Lipinski definition) is 0. The number of non-ortho nitro benzene ring substituents is 1. The van der Waals surface area contributed by atoms with Gasteiger partial charge in [-0.15, -0.1) is 0 Å². The highest BCUT2D eigenvalue weighted by Gasteiger charge is 2.59. The highest BCUT2D eigenvalue weighted by atomic mass is 16.6. The molecule has 4 atom stereocenters. The van der Waals surface area contributed by atoms with Crippen LogP contribution in [0.3, 0.4) is 0 Å². The SMILES string of the molecule is Cc1ccc([N+](=O)[O-])cc1N1C(=O)[C@@H]2[C@@H](C1=O)[C@H]1C=C[C@H]2C1. The van der Waals surface area contributed by atoms with Crippen molar-refractivity contribution < 1.29 is 14.5 Å². The van der Waals surface area contributed by atoms with Gasteiger partial charge in [-0.3, -0.25) is 19.7 Å². The summed E-state index contributed by atoms with van der Waals surface area (Å²) in [5.74, 6) is -0.737. The van der Waals surface area contributed by atoms with E-state index in [9.17, 15) is 19.7 Å². The molecule has 2 bridgehead atoms. The zero-order valence-electron chi connectivity index (χ0n) is 11.9. The summed E-state index contributed by atoms with van der Waals surface area (Å²) in [6, 6.07) is 4.28. The summed E-state index contributed by atoms with van der Waals surface area (Å²) in [4.78, 5) is 37.1. The standard InChI is InChI=1S/C16H14N2O4/c1-8-2-5-11(18(21)22)7-12(8)17-15(19)13-9-3-4-10(6-9)14(13)16(17)20/h2-5,7,9-10,13-14H,6H2,1H3/t9-,10-,13-,14-/m0/s1. The van der Waals surface area contributed by atoms with Crippen molar-refractivity contribution in [3.8, 4) is 0 Å². The van der Waals surface area contributed by atoms with Crippen molar-refractivity contribution in [2.24, 2.45) is 23.7 Å². The fourth-order valence-electron chi connectivity index (χ4n) is 4.09. The van der Waals surface area contributed by atoms with Crippen LogP contribution in [0.1, 0.15) is 12.0 Å². The van der Waals surface area contributed by atoms with E-state index < -0.39 is 4.92 Å². The number of imide groups is 1. The van der Waals surface area contributed by atoms with Crippen molar-refractivity contribution in [1.29, 1.82) is 0 Å². The molecular formula is C16H14N2O4. The molecule has 2 amide bonds. The van der Waals surface area contributed by atoms with Crippen molar-refractivity contribution in [1.82, 2.24) is 0 Å². The minimum atomic E-state index is -0.514. The number of nitrogens with zero attached hydrogens (tertiary/aromatic N) is 2. The molecule has 1 saturated carbocycles. The van der Waals surface area contributed by atoms with Gasteiger partial charge >= 0.3 is 0 Å². The van der Waals surface area contributed by atoms with Crippen LogP contribution in [0.25, 0.3) is 0 Å². The third-order valence-corrected chi connectivity index (χ3v) is 5.11. The normalized spacial score (nSPS) is 32.0. The molecule has 1 saturated heterocycles. The van der Waals surface area contributed by atoms with E-state index in [1.54, 1.807) is 13.0 Å². The van der Waals surface area contributed by atoms with E-state index in [1.807, 2.05) is 12.2 Å². The Balaban J connectivity index is 1.79. The van der Waals surface area contributed by atoms with E-state index in [1.165, 1.54) is 17.0 Å². The minimum Gasteiger partial charge on any atom is -0.274 e. The van der Waals surface area contributed by atoms with Crippen LogP contribution in [0, 0.1) is 40.7 Å². The first-order chi connectivity index (χ1) is 10.5. The number of carbonyl (C=O) groups is 2. The van der Waals surface area contributed by atoms with E-state index in [0.29, 0.717) is 11.3 Å². The van der Waals surface area contributed by atoms with Gasteiger partial charge in [0.25, 0.3) is 5.69 Å². The third kappa shape index (κ3) is 1.55. The summed E-state index contributed by atoms with van der Waals surface area (Å²) in [5.41, 5.74) is 0.921. The molecular weight excluding hydrogens is 284 g/mol. The van der Waals surface area contributed by atoms with Crippen molar-refractivity contribution >= 4 is 23.2 Å². The summed E-state index contributed by atoms with van der Waals surface area (Å²) < 4.78 is 0. The summed E-state index contributed by atoms with van der Waals surface area (Å²) in [7, 11) is 0. The van der Waals surface area contributed by atoms with Gasteiger partial charge in [-0.1, -0.05) is 18.2 Å². The fraction of sp³-hybridized carbons (Fsp3) is 0.375. The number of benzene rings is 1. The highest BCUT2D eigenvalue weighted by Crippen LogP contribution is 2.53. The molecule has 0 unspecified atom stereocenters. The first-order valence-electron chi connectivity index (χ1n) is 7.30. The first kappa shape index (κ1) is 13.2. The lowest BCUT2D eigenvalue weighted by atomic mass is 9.85. The Morgan fingerprint density at radius 3 is 2.27 bits per heavy atom. The Hall–Kier alpha value is -2.50. The second-order valence-electron chi connectivity index (χ2n) is 6.24. The van der Waals surface area contributed by atoms with E-state index in [4.69, 9.17) is 0 Å². The Morgan fingerprint density at radius 2 is 1.73 bits per heavy atom. The molecule has 0 N–H and O–H groups in total. The molecule has 1 aliphatic heterocycles. The van der Waals surface area contributed by atoms with Gasteiger partial charge in [0.15, 0.2) is 0 Å². The summed E-state index contributed by atoms with van der Waals surface area (Å²) >= 11 is 0. The van der Waals surface area contributed by atoms with Crippen molar-refractivity contribution in [3.05, 3.63) is 46.0 Å². The zero-order chi connectivity index (χ0) is 15.6. The third-order valence-electron chi connectivity index (χ3n) is 5.11. The van der Waals surface area contributed by atoms with E-state index >= 15 is 0 Å². The quantitative estimate of drug-likeness (QED) is 0.363. The van der Waals surface area contributed by atoms with Gasteiger partial charge in [0.1, 0.15) is 0 Å². The fourth-order valence-corrected chi connectivity index (χ4v) is 4.09. The Labute approximate surface area is 126 Å². The van der Waals surface area contributed by atoms with Crippen LogP contribution in [0.5, 0.6) is 0 Å². The summed E-state index contributed by atoms with van der Waals surface area (Å²) in [6.45, 7) is 1.75. The van der Waals surface area contributed by atoms with Crippen LogP contribution < -0.4 is 4.90 Å². The van der Waals surface area contributed by atoms with E-state index in [-0.39, 0.29) is 41.2 Å². The number of fused-ring (bicyclic) bond motifs is 5. The number of amides is 2. The molecule has 2 fully saturated rings. The Bertz CT molecular complexity index is 725. The predicted octanol–water partition coefficient (Wildman–Crippen LogP) is 2.21. The number of carbonyl (C=O) groups excluding carboxylic acids is 2. The average Bonchev–Trinajstić information content (AvgIpc) is 3.14. The number of aryl methyl sites for hydroxylation is 1. The number of hydrogen-bond acceptors (Lipinski definition) is 4. The highest BCUT2D eigenvalue weighted by molar-refractivity contribution is 6.23. The van der Waals surface area contributed by atoms with Crippen LogP contribution in [-0.2, 0) is 9.59 Å². The molecule has 1 heterocycles. The smallest absolute Gasteiger partial charge is 0.271 e. The first-order valence-corrected chi connectivity index (χ1v) is 7.30. The van der Waals surface area contributed by atoms with Crippen LogP contribution in [-0.4, -0.2) is 16.7 Å². The second kappa shape index (κ2) is 4.25. The summed E-state index contributed by atoms with van der Waals surface area (Å²) in [6.07, 6.45) is 4.93. The van der Waals surface area contributed by atoms with Crippen LogP contribution in [0.15, 0.2) is 30.4 Å². The number of nitro groups is 1. The molecule has 6 nitrogen and oxygen atoms in total. The lowest BCUT2D eigenvalue weighted by Crippen LogP contribution is -2.33. The minimum absolute atomic E-state index is 0.112. The number of allylic oxidation sites excluding steroid dienone is 2. The van der Waals surface area contributed by atoms with E-state index in [0.717, 1.165) is 6.42 Å². The van der Waals surface area contributed by atoms with Gasteiger partial charge in [-0.05, 0) is 30.7 Å². The molecule has 1 aromatic carbocycles. The molecule has 112 valence electrons. The monoisotopic (exact) mass is 298 g/mol. The molecule has 22 heavy (non-hydrogen) atoms. The average molecular weight is 298 g/mol. The molecule has 1 aromatic rings. The molecule has 3 aliphatic rings. The number of anilines is 1. The van der Waals surface area contributed by atoms with Crippen LogP contribution in [0.4, 0.5) is 11.4 Å². The number of rotatable bonds is 2. The molecule has 0 aromatic heterocycles. The van der Waals surface area contributed by atoms with Crippen LogP contribution in [0.2, 0.25) is 0 Å². The van der Waals surface area contributed by atoms with Crippen molar-refractivity contribution in [2.45, 2.75) is 13.3 Å². The maximum Gasteiger partial charge on any atom is 0.271 e.